The van der Waals surface area contributed by atoms with Crippen molar-refractivity contribution in [2.75, 3.05) is 0 Å². The van der Waals surface area contributed by atoms with E-state index in [-0.39, 0.29) is 5.56 Å². The Hall–Kier alpha value is -2.81. The molecule has 4 aromatic rings. The van der Waals surface area contributed by atoms with E-state index in [0.29, 0.717) is 0 Å². The molecule has 0 aliphatic carbocycles. The largest absolute Gasteiger partial charge is 0.290 e. The van der Waals surface area contributed by atoms with Gasteiger partial charge in [-0.05, 0) is 17.0 Å². The van der Waals surface area contributed by atoms with E-state index in [9.17, 15) is 4.79 Å². The lowest BCUT2D eigenvalue weighted by atomic mass is 10.1. The molecule has 2 heterocycles. The number of fused-ring (bicyclic) bond motifs is 3. The Morgan fingerprint density at radius 1 is 0.850 bits per heavy atom. The topological polar surface area (TPSA) is 37.3 Å². The van der Waals surface area contributed by atoms with Crippen molar-refractivity contribution in [3.05, 3.63) is 77.1 Å². The van der Waals surface area contributed by atoms with E-state index in [1.807, 2.05) is 60.7 Å². The lowest BCUT2D eigenvalue weighted by Gasteiger charge is -1.99. The third-order valence-electron chi connectivity index (χ3n) is 3.58. The van der Waals surface area contributed by atoms with E-state index < -0.39 is 0 Å². The number of H-pyrrole nitrogens is 1. The van der Waals surface area contributed by atoms with Crippen molar-refractivity contribution in [2.45, 2.75) is 0 Å². The van der Waals surface area contributed by atoms with Crippen molar-refractivity contribution in [1.29, 1.82) is 0 Å². The molecule has 2 aromatic carbocycles. The summed E-state index contributed by atoms with van der Waals surface area (Å²) in [6.45, 7) is 0. The predicted molar refractivity (Wildman–Crippen MR) is 81.0 cm³/mol. The first-order valence-electron chi connectivity index (χ1n) is 6.52. The molecular formula is C17H12N2O. The fourth-order valence-electron chi connectivity index (χ4n) is 2.61. The van der Waals surface area contributed by atoms with Crippen LogP contribution in [0.2, 0.25) is 0 Å². The fraction of sp³-hybridized carbons (Fsp3) is 0. The Morgan fingerprint density at radius 3 is 2.45 bits per heavy atom. The van der Waals surface area contributed by atoms with Gasteiger partial charge in [-0.3, -0.25) is 9.89 Å². The molecule has 0 fully saturated rings. The van der Waals surface area contributed by atoms with Crippen LogP contribution in [0.15, 0.2) is 71.5 Å². The van der Waals surface area contributed by atoms with Gasteiger partial charge in [-0.15, -0.1) is 0 Å². The maximum atomic E-state index is 12.2. The Bertz CT molecular complexity index is 965. The first kappa shape index (κ1) is 11.1. The number of hydrogen-bond donors (Lipinski definition) is 1. The van der Waals surface area contributed by atoms with Crippen LogP contribution in [0.25, 0.3) is 27.5 Å². The summed E-state index contributed by atoms with van der Waals surface area (Å²) in [6.07, 6.45) is 0. The van der Waals surface area contributed by atoms with Crippen LogP contribution >= 0.6 is 0 Å². The zero-order valence-electron chi connectivity index (χ0n) is 10.7. The van der Waals surface area contributed by atoms with E-state index >= 15 is 0 Å². The molecule has 0 bridgehead atoms. The van der Waals surface area contributed by atoms with E-state index in [4.69, 9.17) is 0 Å². The summed E-state index contributed by atoms with van der Waals surface area (Å²) in [7, 11) is 0. The number of rotatable bonds is 1. The number of aromatic nitrogens is 2. The van der Waals surface area contributed by atoms with Crippen LogP contribution < -0.4 is 5.56 Å². The molecule has 3 nitrogen and oxygen atoms in total. The molecule has 0 saturated carbocycles. The van der Waals surface area contributed by atoms with Gasteiger partial charge in [0.05, 0.1) is 11.2 Å². The first-order chi connectivity index (χ1) is 9.83. The van der Waals surface area contributed by atoms with Crippen molar-refractivity contribution in [3.8, 4) is 11.3 Å². The molecule has 0 aliphatic heterocycles. The standard InChI is InChI=1S/C17H12N2O/c20-17-10-13-8-4-5-9-14(13)16-11-15(18-19(16)17)12-6-2-1-3-7-12/h1-11,18H. The van der Waals surface area contributed by atoms with Gasteiger partial charge in [0.15, 0.2) is 0 Å². The average Bonchev–Trinajstić information content (AvgIpc) is 2.94. The minimum atomic E-state index is -0.0409. The van der Waals surface area contributed by atoms with Crippen LogP contribution in [-0.4, -0.2) is 9.61 Å². The fourth-order valence-corrected chi connectivity index (χ4v) is 2.61. The Morgan fingerprint density at radius 2 is 1.60 bits per heavy atom. The minimum absolute atomic E-state index is 0.0409. The average molecular weight is 260 g/mol. The van der Waals surface area contributed by atoms with Crippen molar-refractivity contribution in [1.82, 2.24) is 9.61 Å². The SMILES string of the molecule is O=c1cc2ccccc2c2cc(-c3ccccc3)[nH]n12. The van der Waals surface area contributed by atoms with Crippen molar-refractivity contribution in [2.24, 2.45) is 0 Å². The molecule has 0 aliphatic rings. The molecule has 20 heavy (non-hydrogen) atoms. The molecule has 96 valence electrons. The van der Waals surface area contributed by atoms with Crippen molar-refractivity contribution >= 4 is 16.3 Å². The summed E-state index contributed by atoms with van der Waals surface area (Å²) in [5.74, 6) is 0. The van der Waals surface area contributed by atoms with E-state index in [2.05, 4.69) is 5.10 Å². The first-order valence-corrected chi connectivity index (χ1v) is 6.52. The molecular weight excluding hydrogens is 248 g/mol. The third kappa shape index (κ3) is 1.57. The molecule has 0 unspecified atom stereocenters. The third-order valence-corrected chi connectivity index (χ3v) is 3.58. The number of benzene rings is 2. The van der Waals surface area contributed by atoms with Gasteiger partial charge in [0, 0.05) is 11.5 Å². The highest BCUT2D eigenvalue weighted by Gasteiger charge is 2.08. The van der Waals surface area contributed by atoms with Gasteiger partial charge in [-0.1, -0.05) is 54.6 Å². The second-order valence-corrected chi connectivity index (χ2v) is 4.83. The molecule has 3 heteroatoms. The Labute approximate surface area is 115 Å². The van der Waals surface area contributed by atoms with Crippen LogP contribution in [-0.2, 0) is 0 Å². The summed E-state index contributed by atoms with van der Waals surface area (Å²) < 4.78 is 1.60. The molecule has 1 N–H and O–H groups in total. The summed E-state index contributed by atoms with van der Waals surface area (Å²) in [5, 5.41) is 5.22. The quantitative estimate of drug-likeness (QED) is 0.559. The number of nitrogens with zero attached hydrogens (tertiary/aromatic N) is 1. The molecule has 0 atom stereocenters. The lowest BCUT2D eigenvalue weighted by molar-refractivity contribution is 0.930. The molecule has 4 rings (SSSR count). The molecule has 0 saturated heterocycles. The van der Waals surface area contributed by atoms with Gasteiger partial charge in [0.2, 0.25) is 0 Å². The summed E-state index contributed by atoms with van der Waals surface area (Å²) in [5.41, 5.74) is 2.88. The number of hydrogen-bond acceptors (Lipinski definition) is 1. The number of aromatic amines is 1. The predicted octanol–water partition coefficient (Wildman–Crippen LogP) is 3.45. The van der Waals surface area contributed by atoms with Gasteiger partial charge in [0.25, 0.3) is 5.56 Å². The minimum Gasteiger partial charge on any atom is -0.290 e. The van der Waals surface area contributed by atoms with Gasteiger partial charge in [-0.2, -0.15) is 0 Å². The van der Waals surface area contributed by atoms with Crippen LogP contribution in [0, 0.1) is 0 Å². The highest BCUT2D eigenvalue weighted by molar-refractivity contribution is 5.96. The van der Waals surface area contributed by atoms with Crippen molar-refractivity contribution in [3.63, 3.8) is 0 Å². The number of pyridine rings is 1. The van der Waals surface area contributed by atoms with Crippen LogP contribution in [0.4, 0.5) is 0 Å². The van der Waals surface area contributed by atoms with Crippen LogP contribution in [0.5, 0.6) is 0 Å². The smallest absolute Gasteiger partial charge is 0.270 e. The highest BCUT2D eigenvalue weighted by atomic mass is 16.1. The second-order valence-electron chi connectivity index (χ2n) is 4.83. The molecule has 0 radical (unpaired) electrons. The van der Waals surface area contributed by atoms with Gasteiger partial charge in [0.1, 0.15) is 0 Å². The van der Waals surface area contributed by atoms with Crippen LogP contribution in [0.1, 0.15) is 0 Å². The highest BCUT2D eigenvalue weighted by Crippen LogP contribution is 2.23. The summed E-state index contributed by atoms with van der Waals surface area (Å²) >= 11 is 0. The second kappa shape index (κ2) is 4.10. The van der Waals surface area contributed by atoms with Crippen LogP contribution in [0.3, 0.4) is 0 Å². The monoisotopic (exact) mass is 260 g/mol. The normalized spacial score (nSPS) is 11.2. The lowest BCUT2D eigenvalue weighted by Crippen LogP contribution is -2.12. The van der Waals surface area contributed by atoms with Gasteiger partial charge in [-0.25, -0.2) is 4.52 Å². The molecule has 0 spiro atoms. The maximum absolute atomic E-state index is 12.2. The summed E-state index contributed by atoms with van der Waals surface area (Å²) in [6, 6.07) is 21.6. The van der Waals surface area contributed by atoms with Gasteiger partial charge >= 0.3 is 0 Å². The zero-order valence-corrected chi connectivity index (χ0v) is 10.7. The number of nitrogens with one attached hydrogen (secondary N) is 1. The van der Waals surface area contributed by atoms with E-state index in [0.717, 1.165) is 27.5 Å². The Balaban J connectivity index is 2.11. The Kier molecular flexibility index (Phi) is 2.27. The van der Waals surface area contributed by atoms with E-state index in [1.54, 1.807) is 10.6 Å². The molecule has 2 aromatic heterocycles. The zero-order chi connectivity index (χ0) is 13.5. The van der Waals surface area contributed by atoms with Gasteiger partial charge < -0.3 is 0 Å². The van der Waals surface area contributed by atoms with Crippen molar-refractivity contribution < 1.29 is 0 Å². The maximum Gasteiger partial charge on any atom is 0.270 e. The summed E-state index contributed by atoms with van der Waals surface area (Å²) in [4.78, 5) is 12.2. The molecule has 0 amide bonds. The van der Waals surface area contributed by atoms with E-state index in [1.165, 1.54) is 0 Å².